The molecule has 2 amide bonds. The summed E-state index contributed by atoms with van der Waals surface area (Å²) >= 11 is 1.47. The maximum absolute atomic E-state index is 14.2. The topological polar surface area (TPSA) is 131 Å². The Bertz CT molecular complexity index is 1990. The van der Waals surface area contributed by atoms with Crippen LogP contribution in [0.3, 0.4) is 0 Å². The van der Waals surface area contributed by atoms with E-state index in [0.717, 1.165) is 56.2 Å². The van der Waals surface area contributed by atoms with Crippen molar-refractivity contribution in [2.75, 3.05) is 34.4 Å². The highest BCUT2D eigenvalue weighted by Crippen LogP contribution is 2.42. The van der Waals surface area contributed by atoms with Gasteiger partial charge in [0.2, 0.25) is 5.91 Å². The summed E-state index contributed by atoms with van der Waals surface area (Å²) in [4.78, 5) is 53.3. The summed E-state index contributed by atoms with van der Waals surface area (Å²) in [5.41, 5.74) is 9.62. The van der Waals surface area contributed by atoms with Crippen LogP contribution in [0.15, 0.2) is 41.9 Å². The lowest BCUT2D eigenvalue weighted by molar-refractivity contribution is -0.155. The molecular formula is C41H55N7O5S. The van der Waals surface area contributed by atoms with Gasteiger partial charge in [0, 0.05) is 65.6 Å². The number of amides is 2. The predicted molar refractivity (Wildman–Crippen MR) is 212 cm³/mol. The number of rotatable bonds is 8. The Morgan fingerprint density at radius 1 is 1.20 bits per heavy atom. The van der Waals surface area contributed by atoms with Gasteiger partial charge in [-0.3, -0.25) is 29.3 Å². The van der Waals surface area contributed by atoms with Gasteiger partial charge >= 0.3 is 5.97 Å². The molecule has 13 heteroatoms. The van der Waals surface area contributed by atoms with Crippen LogP contribution in [0.4, 0.5) is 0 Å². The van der Waals surface area contributed by atoms with Crippen molar-refractivity contribution in [3.8, 4) is 22.5 Å². The van der Waals surface area contributed by atoms with E-state index in [-0.39, 0.29) is 36.9 Å². The number of carbonyl (C=O) groups excluding carboxylic acids is 3. The molecule has 3 unspecified atom stereocenters. The van der Waals surface area contributed by atoms with Crippen LogP contribution in [-0.4, -0.2) is 94.7 Å². The normalized spacial score (nSPS) is 20.5. The molecule has 1 fully saturated rings. The molecule has 0 aliphatic carbocycles. The van der Waals surface area contributed by atoms with Gasteiger partial charge in [-0.25, -0.2) is 10.4 Å². The summed E-state index contributed by atoms with van der Waals surface area (Å²) in [5.74, 6) is -0.916. The van der Waals surface area contributed by atoms with Crippen LogP contribution in [0.25, 0.3) is 33.4 Å². The van der Waals surface area contributed by atoms with E-state index in [2.05, 4.69) is 60.3 Å². The van der Waals surface area contributed by atoms with Gasteiger partial charge in [0.15, 0.2) is 0 Å². The van der Waals surface area contributed by atoms with Gasteiger partial charge in [-0.1, -0.05) is 33.8 Å². The molecule has 1 aromatic carbocycles. The van der Waals surface area contributed by atoms with E-state index in [1.54, 1.807) is 13.3 Å². The summed E-state index contributed by atoms with van der Waals surface area (Å²) in [6, 6.07) is 8.51. The monoisotopic (exact) mass is 757 g/mol. The zero-order valence-electron chi connectivity index (χ0n) is 33.1. The summed E-state index contributed by atoms with van der Waals surface area (Å²) in [5, 5.41) is 8.39. The Morgan fingerprint density at radius 3 is 2.69 bits per heavy atom. The second-order valence-corrected chi connectivity index (χ2v) is 16.9. The first-order chi connectivity index (χ1) is 25.7. The van der Waals surface area contributed by atoms with E-state index in [1.807, 2.05) is 51.2 Å². The number of hydrogen-bond donors (Lipinski definition) is 2. The number of hydrazine groups is 1. The molecule has 6 rings (SSSR count). The number of likely N-dealkylation sites (N-methyl/N-ethyl adjacent to an activating group) is 1. The molecule has 5 heterocycles. The smallest absolute Gasteiger partial charge is 0.324 e. The van der Waals surface area contributed by atoms with Crippen LogP contribution in [-0.2, 0) is 43.2 Å². The molecule has 0 saturated carbocycles. The van der Waals surface area contributed by atoms with Gasteiger partial charge in [0.1, 0.15) is 12.1 Å². The molecule has 4 atom stereocenters. The third kappa shape index (κ3) is 8.10. The first-order valence-electron chi connectivity index (χ1n) is 19.0. The third-order valence-corrected chi connectivity index (χ3v) is 11.5. The number of hydrogen-bond acceptors (Lipinski definition) is 10. The number of carbonyl (C=O) groups is 3. The molecule has 6 bridgehead atoms. The Hall–Kier alpha value is -4.17. The number of benzene rings is 1. The molecule has 0 spiro atoms. The van der Waals surface area contributed by atoms with Crippen molar-refractivity contribution >= 4 is 40.0 Å². The van der Waals surface area contributed by atoms with E-state index in [0.29, 0.717) is 25.8 Å². The number of methoxy groups -OCH3 is 1. The summed E-state index contributed by atoms with van der Waals surface area (Å²) in [6.45, 7) is 13.7. The third-order valence-electron chi connectivity index (χ3n) is 10.6. The Morgan fingerprint density at radius 2 is 1.98 bits per heavy atom. The number of aryl methyl sites for hydroxylation is 1. The highest BCUT2D eigenvalue weighted by Gasteiger charge is 2.37. The second-order valence-electron chi connectivity index (χ2n) is 15.9. The van der Waals surface area contributed by atoms with Crippen molar-refractivity contribution in [2.24, 2.45) is 11.3 Å². The van der Waals surface area contributed by atoms with Gasteiger partial charge < -0.3 is 19.4 Å². The number of cyclic esters (lactones) is 1. The lowest BCUT2D eigenvalue weighted by Gasteiger charge is -2.36. The minimum atomic E-state index is -0.892. The van der Waals surface area contributed by atoms with Crippen LogP contribution >= 0.6 is 11.3 Å². The molecule has 0 radical (unpaired) electrons. The van der Waals surface area contributed by atoms with Crippen molar-refractivity contribution in [3.63, 3.8) is 0 Å². The fourth-order valence-corrected chi connectivity index (χ4v) is 8.80. The molecule has 2 aliphatic rings. The highest BCUT2D eigenvalue weighted by molar-refractivity contribution is 7.10. The standard InChI is InChI=1S/C41H55N7O5S/c1-10-47-33-16-15-26-19-28(33)29(37(47)27-13-11-17-42-35(27)25(4)52-9)21-41(5,6)23-53-40(51)30-14-12-18-48(45-30)39(50)31(20-34-43-32(26)22-54-34)44-38(49)36(24(2)3)46(7)8/h11,13,15-17,19,22,24-25,30-31,36,45H,10,12,14,18,20-21,23H2,1-9H3,(H,44,49)/t25?,30-,31?,36?/m0/s1. The van der Waals surface area contributed by atoms with Gasteiger partial charge in [0.25, 0.3) is 5.91 Å². The molecule has 2 aliphatic heterocycles. The Labute approximate surface area is 322 Å². The number of nitrogens with zero attached hydrogens (tertiary/aromatic N) is 5. The molecule has 3 aromatic heterocycles. The number of aromatic nitrogens is 3. The molecule has 2 N–H and O–H groups in total. The summed E-state index contributed by atoms with van der Waals surface area (Å²) in [6.07, 6.45) is 3.55. The van der Waals surface area contributed by atoms with Crippen molar-refractivity contribution in [1.82, 2.24) is 35.2 Å². The van der Waals surface area contributed by atoms with Crippen LogP contribution in [0.5, 0.6) is 0 Å². The largest absolute Gasteiger partial charge is 0.464 e. The summed E-state index contributed by atoms with van der Waals surface area (Å²) in [7, 11) is 5.42. The number of esters is 1. The van der Waals surface area contributed by atoms with Crippen LogP contribution in [0.1, 0.15) is 76.8 Å². The zero-order chi connectivity index (χ0) is 38.9. The lowest BCUT2D eigenvalue weighted by atomic mass is 9.84. The fourth-order valence-electron chi connectivity index (χ4n) is 7.95. The SMILES string of the molecule is CCn1c(-c2cccnc2C(C)OC)c2c3cc(ccc31)-c1csc(n1)CC(NC(=O)C(C(C)C)N(C)C)C(=O)N1CCC[C@H](N1)C(=O)OCC(C)(C)C2. The van der Waals surface area contributed by atoms with E-state index in [4.69, 9.17) is 19.4 Å². The minimum Gasteiger partial charge on any atom is -0.464 e. The molecule has 54 heavy (non-hydrogen) atoms. The average Bonchev–Trinajstić information content (AvgIpc) is 3.74. The maximum Gasteiger partial charge on any atom is 0.324 e. The number of thiazole rings is 1. The van der Waals surface area contributed by atoms with Crippen LogP contribution < -0.4 is 10.7 Å². The predicted octanol–water partition coefficient (Wildman–Crippen LogP) is 5.79. The quantitative estimate of drug-likeness (QED) is 0.215. The van der Waals surface area contributed by atoms with E-state index in [1.165, 1.54) is 16.3 Å². The number of pyridine rings is 1. The fraction of sp³-hybridized carbons (Fsp3) is 0.537. The second kappa shape index (κ2) is 16.3. The van der Waals surface area contributed by atoms with Crippen molar-refractivity contribution in [1.29, 1.82) is 0 Å². The molecular weight excluding hydrogens is 703 g/mol. The maximum atomic E-state index is 14.2. The highest BCUT2D eigenvalue weighted by atomic mass is 32.1. The van der Waals surface area contributed by atoms with E-state index in [9.17, 15) is 14.4 Å². The lowest BCUT2D eigenvalue weighted by Crippen LogP contribution is -2.61. The zero-order valence-corrected chi connectivity index (χ0v) is 33.9. The summed E-state index contributed by atoms with van der Waals surface area (Å²) < 4.78 is 14.2. The van der Waals surface area contributed by atoms with E-state index < -0.39 is 29.5 Å². The van der Waals surface area contributed by atoms with Crippen molar-refractivity contribution < 1.29 is 23.9 Å². The van der Waals surface area contributed by atoms with E-state index >= 15 is 0 Å². The Balaban J connectivity index is 1.49. The molecule has 4 aromatic rings. The molecule has 1 saturated heterocycles. The molecule has 12 nitrogen and oxygen atoms in total. The minimum absolute atomic E-state index is 0.0216. The van der Waals surface area contributed by atoms with Gasteiger partial charge in [-0.15, -0.1) is 11.3 Å². The first kappa shape index (κ1) is 39.5. The van der Waals surface area contributed by atoms with Gasteiger partial charge in [0.05, 0.1) is 40.8 Å². The number of ether oxygens (including phenoxy) is 2. The van der Waals surface area contributed by atoms with Gasteiger partial charge in [-0.2, -0.15) is 0 Å². The molecule has 290 valence electrons. The number of fused-ring (bicyclic) bond motifs is 6. The van der Waals surface area contributed by atoms with Crippen LogP contribution in [0.2, 0.25) is 0 Å². The van der Waals surface area contributed by atoms with Crippen molar-refractivity contribution in [3.05, 3.63) is 58.2 Å². The number of nitrogens with one attached hydrogen (secondary N) is 2. The van der Waals surface area contributed by atoms with Crippen molar-refractivity contribution in [2.45, 2.75) is 98.0 Å². The first-order valence-corrected chi connectivity index (χ1v) is 19.9. The van der Waals surface area contributed by atoms with Crippen LogP contribution in [0, 0.1) is 11.3 Å². The average molecular weight is 758 g/mol. The Kier molecular flexibility index (Phi) is 11.9. The van der Waals surface area contributed by atoms with Gasteiger partial charge in [-0.05, 0) is 83.0 Å².